The third-order valence-corrected chi connectivity index (χ3v) is 6.20. The van der Waals surface area contributed by atoms with Gasteiger partial charge in [0.1, 0.15) is 5.01 Å². The van der Waals surface area contributed by atoms with Gasteiger partial charge in [0.2, 0.25) is 5.91 Å². The maximum atomic E-state index is 11.2. The Morgan fingerprint density at radius 3 is 2.67 bits per heavy atom. The van der Waals surface area contributed by atoms with Crippen LogP contribution in [0.4, 0.5) is 0 Å². The highest BCUT2D eigenvalue weighted by Gasteiger charge is 2.11. The lowest BCUT2D eigenvalue weighted by molar-refractivity contribution is 0.100. The predicted octanol–water partition coefficient (Wildman–Crippen LogP) is 4.57. The van der Waals surface area contributed by atoms with Crippen molar-refractivity contribution in [3.05, 3.63) is 65.2 Å². The molecule has 2 aromatic carbocycles. The lowest BCUT2D eigenvalue weighted by atomic mass is 10.1. The van der Waals surface area contributed by atoms with Gasteiger partial charge in [-0.2, -0.15) is 0 Å². The molecule has 2 heterocycles. The number of hydrogen-bond donors (Lipinski definition) is 1. The smallest absolute Gasteiger partial charge is 0.248 e. The van der Waals surface area contributed by atoms with Crippen molar-refractivity contribution in [2.24, 2.45) is 5.73 Å². The number of nitrogens with two attached hydrogens (primary N) is 1. The number of amides is 1. The second kappa shape index (κ2) is 7.54. The fraction of sp³-hybridized carbons (Fsp3) is 0.150. The molecule has 1 amide bonds. The number of primary amides is 1. The molecule has 0 aliphatic carbocycles. The van der Waals surface area contributed by atoms with Gasteiger partial charge in [-0.05, 0) is 31.2 Å². The summed E-state index contributed by atoms with van der Waals surface area (Å²) in [4.78, 5) is 20.7. The predicted molar refractivity (Wildman–Crippen MR) is 111 cm³/mol. The topological polar surface area (TPSA) is 73.8 Å². The molecule has 0 saturated carbocycles. The summed E-state index contributed by atoms with van der Waals surface area (Å²) in [5, 5.41) is 4.02. The van der Waals surface area contributed by atoms with E-state index in [4.69, 9.17) is 15.7 Å². The number of aryl methyl sites for hydroxylation is 1. The van der Waals surface area contributed by atoms with Crippen LogP contribution in [-0.2, 0) is 12.3 Å². The Balaban J connectivity index is 1.51. The summed E-state index contributed by atoms with van der Waals surface area (Å²) in [6.45, 7) is 3.02. The van der Waals surface area contributed by atoms with Crippen LogP contribution in [0.2, 0.25) is 0 Å². The van der Waals surface area contributed by atoms with Gasteiger partial charge in [-0.25, -0.2) is 9.97 Å². The van der Waals surface area contributed by atoms with Crippen LogP contribution in [0.25, 0.3) is 21.6 Å². The Hall–Kier alpha value is -2.64. The molecule has 0 spiro atoms. The van der Waals surface area contributed by atoms with Crippen molar-refractivity contribution in [1.82, 2.24) is 14.5 Å². The van der Waals surface area contributed by atoms with E-state index in [1.54, 1.807) is 35.2 Å². The number of fused-ring (bicyclic) bond motifs is 1. The van der Waals surface area contributed by atoms with Crippen LogP contribution in [0.5, 0.6) is 0 Å². The zero-order valence-electron chi connectivity index (χ0n) is 14.8. The molecule has 0 saturated heterocycles. The van der Waals surface area contributed by atoms with Crippen molar-refractivity contribution in [2.75, 3.05) is 0 Å². The Morgan fingerprint density at radius 2 is 1.93 bits per heavy atom. The minimum atomic E-state index is -0.420. The SMILES string of the molecule is CCn1c(SCc2csc(-c3ccc(C(N)=O)cc3)n2)nc2ccccc21. The van der Waals surface area contributed by atoms with Crippen LogP contribution in [0.3, 0.4) is 0 Å². The molecule has 0 atom stereocenters. The quantitative estimate of drug-likeness (QED) is 0.486. The van der Waals surface area contributed by atoms with Gasteiger partial charge in [-0.3, -0.25) is 4.79 Å². The van der Waals surface area contributed by atoms with Crippen LogP contribution in [0.15, 0.2) is 59.1 Å². The van der Waals surface area contributed by atoms with E-state index in [-0.39, 0.29) is 0 Å². The Morgan fingerprint density at radius 1 is 1.15 bits per heavy atom. The molecule has 7 heteroatoms. The monoisotopic (exact) mass is 394 g/mol. The second-order valence-electron chi connectivity index (χ2n) is 6.00. The maximum Gasteiger partial charge on any atom is 0.248 e. The fourth-order valence-corrected chi connectivity index (χ4v) is 4.79. The Bertz CT molecular complexity index is 1100. The van der Waals surface area contributed by atoms with E-state index in [2.05, 4.69) is 22.9 Å². The largest absolute Gasteiger partial charge is 0.366 e. The number of thioether (sulfide) groups is 1. The first-order valence-corrected chi connectivity index (χ1v) is 10.4. The first-order valence-electron chi connectivity index (χ1n) is 8.58. The molecule has 2 aromatic heterocycles. The summed E-state index contributed by atoms with van der Waals surface area (Å²) in [5.41, 5.74) is 9.99. The third-order valence-electron chi connectivity index (χ3n) is 4.25. The first kappa shape index (κ1) is 17.8. The van der Waals surface area contributed by atoms with Crippen LogP contribution >= 0.6 is 23.1 Å². The van der Waals surface area contributed by atoms with Gasteiger partial charge in [0.25, 0.3) is 0 Å². The standard InChI is InChI=1S/C20H18N4OS2/c1-2-24-17-6-4-3-5-16(17)23-20(24)27-12-15-11-26-19(22-15)14-9-7-13(8-10-14)18(21)25/h3-11H,2,12H2,1H3,(H2,21,25). The zero-order chi connectivity index (χ0) is 18.8. The third kappa shape index (κ3) is 3.61. The molecule has 4 aromatic rings. The average molecular weight is 395 g/mol. The van der Waals surface area contributed by atoms with E-state index in [1.165, 1.54) is 0 Å². The van der Waals surface area contributed by atoms with Gasteiger partial charge >= 0.3 is 0 Å². The number of nitrogens with zero attached hydrogens (tertiary/aromatic N) is 3. The van der Waals surface area contributed by atoms with Crippen LogP contribution in [-0.4, -0.2) is 20.4 Å². The van der Waals surface area contributed by atoms with E-state index in [1.807, 2.05) is 30.3 Å². The average Bonchev–Trinajstić information content (AvgIpc) is 3.30. The molecule has 136 valence electrons. The number of thiazole rings is 1. The number of benzene rings is 2. The molecule has 5 nitrogen and oxygen atoms in total. The number of hydrogen-bond acceptors (Lipinski definition) is 5. The van der Waals surface area contributed by atoms with Crippen molar-refractivity contribution >= 4 is 40.0 Å². The summed E-state index contributed by atoms with van der Waals surface area (Å²) in [5.74, 6) is 0.343. The van der Waals surface area contributed by atoms with Gasteiger partial charge in [0.05, 0.1) is 16.7 Å². The van der Waals surface area contributed by atoms with Crippen LogP contribution < -0.4 is 5.73 Å². The van der Waals surface area contributed by atoms with Crippen molar-refractivity contribution in [3.8, 4) is 10.6 Å². The molecule has 0 radical (unpaired) electrons. The van der Waals surface area contributed by atoms with Gasteiger partial charge < -0.3 is 10.3 Å². The number of carbonyl (C=O) groups is 1. The van der Waals surface area contributed by atoms with Crippen molar-refractivity contribution in [3.63, 3.8) is 0 Å². The summed E-state index contributed by atoms with van der Waals surface area (Å²) >= 11 is 3.30. The Labute approximate surface area is 165 Å². The molecule has 2 N–H and O–H groups in total. The number of para-hydroxylation sites is 2. The molecule has 0 fully saturated rings. The zero-order valence-corrected chi connectivity index (χ0v) is 16.4. The van der Waals surface area contributed by atoms with Crippen molar-refractivity contribution in [2.45, 2.75) is 24.4 Å². The van der Waals surface area contributed by atoms with E-state index in [0.717, 1.165) is 44.8 Å². The van der Waals surface area contributed by atoms with Gasteiger partial charge in [-0.15, -0.1) is 11.3 Å². The highest BCUT2D eigenvalue weighted by Crippen LogP contribution is 2.29. The van der Waals surface area contributed by atoms with E-state index in [0.29, 0.717) is 5.56 Å². The minimum Gasteiger partial charge on any atom is -0.366 e. The summed E-state index contributed by atoms with van der Waals surface area (Å²) in [6.07, 6.45) is 0. The molecular formula is C20H18N4OS2. The van der Waals surface area contributed by atoms with Gasteiger partial charge in [0, 0.05) is 28.8 Å². The van der Waals surface area contributed by atoms with E-state index in [9.17, 15) is 4.79 Å². The van der Waals surface area contributed by atoms with Gasteiger partial charge in [-0.1, -0.05) is 36.0 Å². The molecular weight excluding hydrogens is 376 g/mol. The molecule has 4 rings (SSSR count). The maximum absolute atomic E-state index is 11.2. The first-order chi connectivity index (χ1) is 13.2. The van der Waals surface area contributed by atoms with Crippen LogP contribution in [0.1, 0.15) is 23.0 Å². The molecule has 0 bridgehead atoms. The number of imidazole rings is 1. The lowest BCUT2D eigenvalue weighted by Gasteiger charge is -2.04. The molecule has 0 aliphatic heterocycles. The van der Waals surface area contributed by atoms with Crippen molar-refractivity contribution in [1.29, 1.82) is 0 Å². The normalized spacial score (nSPS) is 11.1. The minimum absolute atomic E-state index is 0.420. The number of rotatable bonds is 6. The van der Waals surface area contributed by atoms with E-state index >= 15 is 0 Å². The number of aromatic nitrogens is 3. The highest BCUT2D eigenvalue weighted by atomic mass is 32.2. The number of carbonyl (C=O) groups excluding carboxylic acids is 1. The molecule has 0 unspecified atom stereocenters. The second-order valence-corrected chi connectivity index (χ2v) is 7.80. The van der Waals surface area contributed by atoms with Crippen molar-refractivity contribution < 1.29 is 4.79 Å². The summed E-state index contributed by atoms with van der Waals surface area (Å²) in [6, 6.07) is 15.4. The molecule has 27 heavy (non-hydrogen) atoms. The Kier molecular flexibility index (Phi) is 4.96. The van der Waals surface area contributed by atoms with Gasteiger partial charge in [0.15, 0.2) is 5.16 Å². The summed E-state index contributed by atoms with van der Waals surface area (Å²) < 4.78 is 2.23. The fourth-order valence-electron chi connectivity index (χ4n) is 2.89. The highest BCUT2D eigenvalue weighted by molar-refractivity contribution is 7.98. The van der Waals surface area contributed by atoms with E-state index < -0.39 is 5.91 Å². The lowest BCUT2D eigenvalue weighted by Crippen LogP contribution is -2.10. The molecule has 0 aliphatic rings. The van der Waals surface area contributed by atoms with Crippen LogP contribution in [0, 0.1) is 0 Å². The summed E-state index contributed by atoms with van der Waals surface area (Å²) in [7, 11) is 0.